The normalized spacial score (nSPS) is 12.2. The minimum Gasteiger partial charge on any atom is -0.478 e. The quantitative estimate of drug-likeness (QED) is 0.795. The number of nitrogens with zero attached hydrogens (tertiary/aromatic N) is 2. The summed E-state index contributed by atoms with van der Waals surface area (Å²) in [7, 11) is 0. The Morgan fingerprint density at radius 1 is 1.53 bits per heavy atom. The first kappa shape index (κ1) is 13.4. The number of aryl methyl sites for hydroxylation is 1. The van der Waals surface area contributed by atoms with Gasteiger partial charge in [0.25, 0.3) is 0 Å². The second kappa shape index (κ2) is 6.18. The van der Waals surface area contributed by atoms with E-state index >= 15 is 0 Å². The summed E-state index contributed by atoms with van der Waals surface area (Å²) in [5, 5.41) is 12.1. The maximum Gasteiger partial charge on any atom is 0.339 e. The highest BCUT2D eigenvalue weighted by atomic mass is 16.4. The van der Waals surface area contributed by atoms with Crippen LogP contribution in [0.3, 0.4) is 0 Å². The molecule has 1 heterocycles. The molecule has 5 nitrogen and oxygen atoms in total. The zero-order chi connectivity index (χ0) is 12.8. The number of anilines is 1. The first-order chi connectivity index (χ1) is 8.08. The molecule has 1 atom stereocenters. The molecule has 0 spiro atoms. The summed E-state index contributed by atoms with van der Waals surface area (Å²) in [5.41, 5.74) is 0.639. The van der Waals surface area contributed by atoms with Crippen LogP contribution in [0, 0.1) is 6.92 Å². The third-order valence-electron chi connectivity index (χ3n) is 2.67. The smallest absolute Gasteiger partial charge is 0.339 e. The van der Waals surface area contributed by atoms with Crippen molar-refractivity contribution < 1.29 is 9.90 Å². The number of carboxylic acids is 1. The summed E-state index contributed by atoms with van der Waals surface area (Å²) in [6, 6.07) is 0.343. The number of hydrogen-bond acceptors (Lipinski definition) is 4. The monoisotopic (exact) mass is 237 g/mol. The van der Waals surface area contributed by atoms with E-state index in [2.05, 4.69) is 29.1 Å². The van der Waals surface area contributed by atoms with Gasteiger partial charge in [-0.2, -0.15) is 0 Å². The van der Waals surface area contributed by atoms with Crippen molar-refractivity contribution in [3.8, 4) is 0 Å². The van der Waals surface area contributed by atoms with E-state index in [-0.39, 0.29) is 5.56 Å². The Hall–Kier alpha value is -1.65. The van der Waals surface area contributed by atoms with Gasteiger partial charge in [-0.25, -0.2) is 14.8 Å². The first-order valence-electron chi connectivity index (χ1n) is 5.91. The van der Waals surface area contributed by atoms with Crippen molar-refractivity contribution in [2.24, 2.45) is 0 Å². The molecule has 17 heavy (non-hydrogen) atoms. The number of aromatic carboxylic acids is 1. The summed E-state index contributed by atoms with van der Waals surface area (Å²) in [6.07, 6.45) is 4.50. The zero-order valence-corrected chi connectivity index (χ0v) is 10.5. The van der Waals surface area contributed by atoms with Crippen LogP contribution in [0.1, 0.15) is 49.2 Å². The molecule has 0 saturated carbocycles. The predicted octanol–water partition coefficient (Wildman–Crippen LogP) is 2.47. The lowest BCUT2D eigenvalue weighted by atomic mass is 10.1. The molecule has 1 aromatic heterocycles. The highest BCUT2D eigenvalue weighted by molar-refractivity contribution is 5.88. The van der Waals surface area contributed by atoms with Gasteiger partial charge in [0, 0.05) is 12.2 Å². The van der Waals surface area contributed by atoms with Gasteiger partial charge in [-0.3, -0.25) is 0 Å². The molecule has 1 aromatic rings. The van der Waals surface area contributed by atoms with Crippen LogP contribution in [-0.2, 0) is 0 Å². The Bertz CT molecular complexity index is 393. The zero-order valence-electron chi connectivity index (χ0n) is 10.5. The van der Waals surface area contributed by atoms with Gasteiger partial charge in [0.2, 0.25) is 5.95 Å². The Kier molecular flexibility index (Phi) is 4.87. The van der Waals surface area contributed by atoms with Gasteiger partial charge < -0.3 is 10.4 Å². The van der Waals surface area contributed by atoms with Crippen LogP contribution < -0.4 is 5.32 Å². The topological polar surface area (TPSA) is 75.1 Å². The van der Waals surface area contributed by atoms with Crippen LogP contribution in [-0.4, -0.2) is 27.1 Å². The molecule has 0 bridgehead atoms. The molecule has 5 heteroatoms. The average Bonchev–Trinajstić information content (AvgIpc) is 2.28. The number of nitrogens with one attached hydrogen (secondary N) is 1. The third kappa shape index (κ3) is 3.69. The van der Waals surface area contributed by atoms with Gasteiger partial charge in [0.05, 0.1) is 11.3 Å². The summed E-state index contributed by atoms with van der Waals surface area (Å²) in [6.45, 7) is 5.91. The van der Waals surface area contributed by atoms with E-state index in [1.165, 1.54) is 6.20 Å². The maximum absolute atomic E-state index is 10.8. The molecular weight excluding hydrogens is 218 g/mol. The molecule has 94 valence electrons. The molecule has 0 fully saturated rings. The van der Waals surface area contributed by atoms with Crippen molar-refractivity contribution in [3.05, 3.63) is 17.5 Å². The fraction of sp³-hybridized carbons (Fsp3) is 0.583. The van der Waals surface area contributed by atoms with Crippen molar-refractivity contribution in [3.63, 3.8) is 0 Å². The van der Waals surface area contributed by atoms with E-state index < -0.39 is 5.97 Å². The van der Waals surface area contributed by atoms with Crippen LogP contribution >= 0.6 is 0 Å². The van der Waals surface area contributed by atoms with Gasteiger partial charge in [0.1, 0.15) is 0 Å². The summed E-state index contributed by atoms with van der Waals surface area (Å²) < 4.78 is 0. The largest absolute Gasteiger partial charge is 0.478 e. The SMILES string of the molecule is CCCC(CC)Nc1ncc(C(=O)O)c(C)n1. The molecule has 0 aliphatic rings. The Labute approximate surface area is 101 Å². The van der Waals surface area contributed by atoms with Crippen LogP contribution in [0.25, 0.3) is 0 Å². The molecule has 0 radical (unpaired) electrons. The lowest BCUT2D eigenvalue weighted by Gasteiger charge is -2.16. The van der Waals surface area contributed by atoms with Crippen molar-refractivity contribution >= 4 is 11.9 Å². The van der Waals surface area contributed by atoms with Crippen molar-refractivity contribution in [2.45, 2.75) is 46.1 Å². The lowest BCUT2D eigenvalue weighted by molar-refractivity contribution is 0.0695. The summed E-state index contributed by atoms with van der Waals surface area (Å²) >= 11 is 0. The average molecular weight is 237 g/mol. The lowest BCUT2D eigenvalue weighted by Crippen LogP contribution is -2.20. The highest BCUT2D eigenvalue weighted by Gasteiger charge is 2.11. The van der Waals surface area contributed by atoms with Gasteiger partial charge in [0.15, 0.2) is 0 Å². The summed E-state index contributed by atoms with van der Waals surface area (Å²) in [5.74, 6) is -0.484. The highest BCUT2D eigenvalue weighted by Crippen LogP contribution is 2.11. The van der Waals surface area contributed by atoms with Crippen LogP contribution in [0.4, 0.5) is 5.95 Å². The molecule has 0 aliphatic heterocycles. The van der Waals surface area contributed by atoms with Gasteiger partial charge in [-0.05, 0) is 19.8 Å². The Morgan fingerprint density at radius 2 is 2.24 bits per heavy atom. The van der Waals surface area contributed by atoms with Gasteiger partial charge in [-0.1, -0.05) is 20.3 Å². The van der Waals surface area contributed by atoms with E-state index in [0.717, 1.165) is 19.3 Å². The maximum atomic E-state index is 10.8. The standard InChI is InChI=1S/C12H19N3O2/c1-4-6-9(5-2)15-12-13-7-10(11(16)17)8(3)14-12/h7,9H,4-6H2,1-3H3,(H,16,17)(H,13,14,15). The first-order valence-corrected chi connectivity index (χ1v) is 5.91. The van der Waals surface area contributed by atoms with Crippen LogP contribution in [0.5, 0.6) is 0 Å². The molecule has 2 N–H and O–H groups in total. The second-order valence-electron chi connectivity index (χ2n) is 4.04. The Balaban J connectivity index is 2.79. The third-order valence-corrected chi connectivity index (χ3v) is 2.67. The van der Waals surface area contributed by atoms with Crippen molar-refractivity contribution in [1.29, 1.82) is 0 Å². The number of rotatable bonds is 6. The number of hydrogen-bond donors (Lipinski definition) is 2. The van der Waals surface area contributed by atoms with Crippen molar-refractivity contribution in [2.75, 3.05) is 5.32 Å². The fourth-order valence-corrected chi connectivity index (χ4v) is 1.66. The van der Waals surface area contributed by atoms with E-state index in [0.29, 0.717) is 17.7 Å². The fourth-order valence-electron chi connectivity index (χ4n) is 1.66. The van der Waals surface area contributed by atoms with E-state index in [1.54, 1.807) is 6.92 Å². The molecular formula is C12H19N3O2. The molecule has 0 aromatic carbocycles. The van der Waals surface area contributed by atoms with Gasteiger partial charge >= 0.3 is 5.97 Å². The van der Waals surface area contributed by atoms with Crippen LogP contribution in [0.15, 0.2) is 6.20 Å². The molecule has 0 saturated heterocycles. The van der Waals surface area contributed by atoms with Gasteiger partial charge in [-0.15, -0.1) is 0 Å². The second-order valence-corrected chi connectivity index (χ2v) is 4.04. The van der Waals surface area contributed by atoms with Crippen LogP contribution in [0.2, 0.25) is 0 Å². The van der Waals surface area contributed by atoms with E-state index in [9.17, 15) is 4.79 Å². The number of carboxylic acid groups (broad SMARTS) is 1. The predicted molar refractivity (Wildman–Crippen MR) is 66.3 cm³/mol. The van der Waals surface area contributed by atoms with Crippen molar-refractivity contribution in [1.82, 2.24) is 9.97 Å². The molecule has 0 amide bonds. The minimum absolute atomic E-state index is 0.152. The summed E-state index contributed by atoms with van der Waals surface area (Å²) in [4.78, 5) is 19.0. The molecule has 0 aliphatic carbocycles. The molecule has 1 rings (SSSR count). The van der Waals surface area contributed by atoms with E-state index in [4.69, 9.17) is 5.11 Å². The van der Waals surface area contributed by atoms with E-state index in [1.807, 2.05) is 0 Å². The number of carbonyl (C=O) groups is 1. The number of aromatic nitrogens is 2. The molecule has 1 unspecified atom stereocenters. The Morgan fingerprint density at radius 3 is 2.71 bits per heavy atom. The minimum atomic E-state index is -0.991.